The maximum Gasteiger partial charge on any atom is 0.394 e. The number of hydrogen-bond donors (Lipinski definition) is 4. The third-order valence-corrected chi connectivity index (χ3v) is 0. The molecule has 0 aromatic heterocycles. The zero-order valence-electron chi connectivity index (χ0n) is 6.74. The van der Waals surface area contributed by atoms with Crippen LogP contribution >= 0.6 is 0 Å². The first-order valence-corrected chi connectivity index (χ1v) is 4.19. The first-order valence-electron chi connectivity index (χ1n) is 1.40. The molecular weight excluding hydrogens is 396 g/mol. The van der Waals surface area contributed by atoms with Gasteiger partial charge in [-0.2, -0.15) is 16.8 Å². The summed E-state index contributed by atoms with van der Waals surface area (Å²) >= 11 is 0. The van der Waals surface area contributed by atoms with Crippen LogP contribution in [0.2, 0.25) is 0 Å². The van der Waals surface area contributed by atoms with Gasteiger partial charge in [0.1, 0.15) is 0 Å². The minimum absolute atomic E-state index is 0. The summed E-state index contributed by atoms with van der Waals surface area (Å²) in [5.74, 6) is 0. The molecule has 0 rings (SSSR count). The van der Waals surface area contributed by atoms with Crippen LogP contribution in [0.15, 0.2) is 0 Å². The Hall–Kier alpha value is 0.957. The van der Waals surface area contributed by atoms with Crippen LogP contribution in [0.1, 0.15) is 0 Å². The van der Waals surface area contributed by atoms with Crippen molar-refractivity contribution in [2.45, 2.75) is 0 Å². The Morgan fingerprint density at radius 2 is 0.533 bits per heavy atom. The summed E-state index contributed by atoms with van der Waals surface area (Å²) in [4.78, 5) is 0. The summed E-state index contributed by atoms with van der Waals surface area (Å²) in [7, 11) is -9.33. The molecule has 0 aliphatic carbocycles. The molecule has 0 bridgehead atoms. The third kappa shape index (κ3) is 2740. The summed E-state index contributed by atoms with van der Waals surface area (Å²) in [6, 6.07) is 0. The topological polar surface area (TPSA) is 275 Å². The second-order valence-electron chi connectivity index (χ2n) is 0.896. The maximum absolute atomic E-state index is 8.74. The summed E-state index contributed by atoms with van der Waals surface area (Å²) in [6.07, 6.45) is 0. The molecule has 100 valence electrons. The molecule has 15 heavy (non-hydrogen) atoms. The molecule has 0 saturated heterocycles. The van der Waals surface area contributed by atoms with Gasteiger partial charge in [-0.15, -0.1) is 0 Å². The first kappa shape index (κ1) is 44.5. The predicted molar refractivity (Wildman–Crippen MR) is 42.8 cm³/mol. The van der Waals surface area contributed by atoms with Gasteiger partial charge in [-0.1, -0.05) is 0 Å². The molecule has 0 spiro atoms. The average Bonchev–Trinajstić information content (AvgIpc) is 1.12. The van der Waals surface area contributed by atoms with Crippen molar-refractivity contribution in [1.29, 1.82) is 0 Å². The monoisotopic (exact) mass is 408 g/mol. The van der Waals surface area contributed by atoms with Crippen LogP contribution in [0.4, 0.5) is 0 Å². The fourth-order valence-corrected chi connectivity index (χ4v) is 0. The fraction of sp³-hybridized carbons (Fsp3) is 0. The number of hydrogen-bond acceptors (Lipinski definition) is 4. The normalized spacial score (nSPS) is 7.73. The molecule has 0 saturated carbocycles. The molecule has 15 heteroatoms. The van der Waals surface area contributed by atoms with Crippen molar-refractivity contribution in [1.82, 2.24) is 0 Å². The van der Waals surface area contributed by atoms with Crippen LogP contribution in [0.3, 0.4) is 0 Å². The summed E-state index contributed by atoms with van der Waals surface area (Å²) in [6.45, 7) is 0. The molecule has 12 nitrogen and oxygen atoms in total. The molecule has 0 aromatic rings. The van der Waals surface area contributed by atoms with Crippen molar-refractivity contribution in [2.24, 2.45) is 0 Å². The van der Waals surface area contributed by atoms with Gasteiger partial charge in [-0.05, 0) is 0 Å². The van der Waals surface area contributed by atoms with Crippen LogP contribution in [-0.2, 0) is 20.8 Å². The van der Waals surface area contributed by atoms with Crippen molar-refractivity contribution < 1.29 is 98.7 Å². The third-order valence-electron chi connectivity index (χ3n) is 0. The summed E-state index contributed by atoms with van der Waals surface area (Å²) in [5.41, 5.74) is 0. The maximum atomic E-state index is 8.74. The van der Waals surface area contributed by atoms with Crippen molar-refractivity contribution in [3.05, 3.63) is 0 Å². The molecule has 0 radical (unpaired) electrons. The van der Waals surface area contributed by atoms with Crippen molar-refractivity contribution in [3.63, 3.8) is 0 Å². The van der Waals surface area contributed by atoms with Gasteiger partial charge in [0, 0.05) is 41.7 Å². The van der Waals surface area contributed by atoms with Crippen molar-refractivity contribution in [3.8, 4) is 0 Å². The van der Waals surface area contributed by atoms with Crippen LogP contribution in [0.25, 0.3) is 0 Å². The molecule has 0 aliphatic heterocycles. The fourth-order valence-electron chi connectivity index (χ4n) is 0. The molecule has 0 aromatic carbocycles. The van der Waals surface area contributed by atoms with Crippen LogP contribution in [0, 0.1) is 41.7 Å². The molecule has 0 aliphatic rings. The van der Waals surface area contributed by atoms with E-state index in [-0.39, 0.29) is 63.7 Å². The van der Waals surface area contributed by atoms with Gasteiger partial charge in [-0.3, -0.25) is 18.2 Å². The van der Waals surface area contributed by atoms with E-state index in [4.69, 9.17) is 35.0 Å². The molecule has 0 fully saturated rings. The Bertz CT molecular complexity index is 210. The van der Waals surface area contributed by atoms with E-state index in [0.29, 0.717) is 0 Å². The summed E-state index contributed by atoms with van der Waals surface area (Å²) in [5, 5.41) is 0. The minimum atomic E-state index is -4.67. The van der Waals surface area contributed by atoms with Crippen LogP contribution in [-0.4, -0.2) is 57.0 Å². The van der Waals surface area contributed by atoms with Gasteiger partial charge in [0.2, 0.25) is 0 Å². The van der Waals surface area contributed by atoms with Crippen molar-refractivity contribution >= 4 is 20.8 Å². The zero-order chi connectivity index (χ0) is 9.00. The quantitative estimate of drug-likeness (QED) is 0.282. The number of rotatable bonds is 0. The minimum Gasteiger partial charge on any atom is -0.412 e. The van der Waals surface area contributed by atoms with E-state index < -0.39 is 20.8 Å². The molecule has 0 heterocycles. The van der Waals surface area contributed by atoms with Crippen LogP contribution < -0.4 is 0 Å². The molecule has 12 N–H and O–H groups in total. The van der Waals surface area contributed by atoms with E-state index in [0.717, 1.165) is 0 Å². The Balaban J connectivity index is -0.0000000128. The van der Waals surface area contributed by atoms with Crippen LogP contribution in [0.5, 0.6) is 0 Å². The van der Waals surface area contributed by atoms with Gasteiger partial charge < -0.3 is 21.9 Å². The van der Waals surface area contributed by atoms with Crippen molar-refractivity contribution in [2.75, 3.05) is 0 Å². The van der Waals surface area contributed by atoms with Gasteiger partial charge in [0.25, 0.3) is 0 Å². The van der Waals surface area contributed by atoms with E-state index in [9.17, 15) is 0 Å². The molecule has 0 atom stereocenters. The standard InChI is InChI=1S/Ce.2H2O4S.4H2O/c;2*1-5(2,3)4;;;;/h;2*(H2,1,2,3,4);4*1H2. The Kier molecular flexibility index (Phi) is 51.5. The second-order valence-corrected chi connectivity index (χ2v) is 2.69. The predicted octanol–water partition coefficient (Wildman–Crippen LogP) is -4.60. The van der Waals surface area contributed by atoms with E-state index in [1.165, 1.54) is 0 Å². The zero-order valence-corrected chi connectivity index (χ0v) is 11.5. The van der Waals surface area contributed by atoms with Gasteiger partial charge in [0.15, 0.2) is 0 Å². The Morgan fingerprint density at radius 1 is 0.533 bits per heavy atom. The second kappa shape index (κ2) is 17.4. The smallest absolute Gasteiger partial charge is 0.394 e. The molecule has 0 amide bonds. The average molecular weight is 408 g/mol. The van der Waals surface area contributed by atoms with E-state index in [2.05, 4.69) is 0 Å². The van der Waals surface area contributed by atoms with E-state index in [1.807, 2.05) is 0 Å². The van der Waals surface area contributed by atoms with Gasteiger partial charge in [0.05, 0.1) is 0 Å². The molecular formula is H12CeO12S2. The SMILES string of the molecule is O.O.O.O.O=S(=O)(O)O.O=S(=O)(O)O.[Ce]. The van der Waals surface area contributed by atoms with E-state index in [1.54, 1.807) is 0 Å². The largest absolute Gasteiger partial charge is 0.412 e. The van der Waals surface area contributed by atoms with E-state index >= 15 is 0 Å². The molecule has 0 unspecified atom stereocenters. The Morgan fingerprint density at radius 3 is 0.533 bits per heavy atom. The van der Waals surface area contributed by atoms with Gasteiger partial charge >= 0.3 is 20.8 Å². The Labute approximate surface area is 118 Å². The summed E-state index contributed by atoms with van der Waals surface area (Å²) < 4.78 is 63.2. The van der Waals surface area contributed by atoms with Gasteiger partial charge in [-0.25, -0.2) is 0 Å². The first-order chi connectivity index (χ1) is 4.00.